The second kappa shape index (κ2) is 7.53. The van der Waals surface area contributed by atoms with Crippen molar-refractivity contribution in [3.05, 3.63) is 64.7 Å². The molecule has 0 unspecified atom stereocenters. The molecule has 21 heavy (non-hydrogen) atoms. The largest absolute Gasteiger partial charge is 0.341 e. The molecule has 0 radical (unpaired) electrons. The molecule has 4 heteroatoms. The molecule has 0 atom stereocenters. The maximum atomic E-state index is 12.1. The third-order valence-electron chi connectivity index (χ3n) is 3.14. The Balaban J connectivity index is 1.84. The molecule has 0 N–H and O–H groups in total. The van der Waals surface area contributed by atoms with Gasteiger partial charge in [0.2, 0.25) is 5.91 Å². The molecule has 110 valence electrons. The molecule has 0 saturated carbocycles. The van der Waals surface area contributed by atoms with Gasteiger partial charge in [0.25, 0.3) is 0 Å². The van der Waals surface area contributed by atoms with Crippen LogP contribution in [0.2, 0.25) is 5.02 Å². The first-order valence-electron chi connectivity index (χ1n) is 6.72. The molecular formula is C17H18ClNOS. The summed E-state index contributed by atoms with van der Waals surface area (Å²) >= 11 is 7.42. The van der Waals surface area contributed by atoms with Gasteiger partial charge in [0.15, 0.2) is 0 Å². The summed E-state index contributed by atoms with van der Waals surface area (Å²) in [7, 11) is 1.83. The minimum Gasteiger partial charge on any atom is -0.341 e. The zero-order chi connectivity index (χ0) is 15.2. The predicted octanol–water partition coefficient (Wildman–Crippen LogP) is 4.40. The van der Waals surface area contributed by atoms with Gasteiger partial charge in [-0.25, -0.2) is 0 Å². The first-order chi connectivity index (χ1) is 10.0. The highest BCUT2D eigenvalue weighted by molar-refractivity contribution is 8.00. The van der Waals surface area contributed by atoms with Crippen molar-refractivity contribution in [3.63, 3.8) is 0 Å². The second-order valence-electron chi connectivity index (χ2n) is 4.98. The number of aryl methyl sites for hydroxylation is 1. The van der Waals surface area contributed by atoms with E-state index in [4.69, 9.17) is 11.6 Å². The van der Waals surface area contributed by atoms with Gasteiger partial charge in [-0.15, -0.1) is 11.8 Å². The number of benzene rings is 2. The molecule has 0 heterocycles. The zero-order valence-electron chi connectivity index (χ0n) is 12.2. The summed E-state index contributed by atoms with van der Waals surface area (Å²) < 4.78 is 0. The number of halogens is 1. The Morgan fingerprint density at radius 3 is 2.33 bits per heavy atom. The lowest BCUT2D eigenvalue weighted by molar-refractivity contribution is -0.127. The Morgan fingerprint density at radius 2 is 1.71 bits per heavy atom. The van der Waals surface area contributed by atoms with Crippen molar-refractivity contribution in [2.75, 3.05) is 12.8 Å². The third kappa shape index (κ3) is 5.10. The monoisotopic (exact) mass is 319 g/mol. The average Bonchev–Trinajstić information content (AvgIpc) is 2.48. The first-order valence-corrected chi connectivity index (χ1v) is 8.09. The summed E-state index contributed by atoms with van der Waals surface area (Å²) in [4.78, 5) is 15.0. The predicted molar refractivity (Wildman–Crippen MR) is 89.8 cm³/mol. The van der Waals surface area contributed by atoms with Crippen molar-refractivity contribution in [1.82, 2.24) is 4.90 Å². The van der Waals surface area contributed by atoms with Crippen molar-refractivity contribution < 1.29 is 4.79 Å². The smallest absolute Gasteiger partial charge is 0.232 e. The first kappa shape index (κ1) is 15.9. The van der Waals surface area contributed by atoms with Crippen molar-refractivity contribution in [1.29, 1.82) is 0 Å². The number of amides is 1. The average molecular weight is 320 g/mol. The van der Waals surface area contributed by atoms with Crippen LogP contribution in [-0.2, 0) is 11.3 Å². The van der Waals surface area contributed by atoms with Gasteiger partial charge in [-0.1, -0.05) is 41.4 Å². The maximum Gasteiger partial charge on any atom is 0.232 e. The van der Waals surface area contributed by atoms with Crippen LogP contribution in [0.3, 0.4) is 0 Å². The highest BCUT2D eigenvalue weighted by Gasteiger charge is 2.09. The van der Waals surface area contributed by atoms with Crippen LogP contribution in [0.1, 0.15) is 11.1 Å². The van der Waals surface area contributed by atoms with Crippen LogP contribution in [0, 0.1) is 6.92 Å². The third-order valence-corrected chi connectivity index (χ3v) is 4.39. The molecule has 2 aromatic rings. The van der Waals surface area contributed by atoms with Crippen LogP contribution >= 0.6 is 23.4 Å². The van der Waals surface area contributed by atoms with E-state index in [1.54, 1.807) is 16.7 Å². The van der Waals surface area contributed by atoms with E-state index >= 15 is 0 Å². The van der Waals surface area contributed by atoms with Gasteiger partial charge in [0.1, 0.15) is 0 Å². The van der Waals surface area contributed by atoms with Gasteiger partial charge in [-0.2, -0.15) is 0 Å². The molecular weight excluding hydrogens is 302 g/mol. The minimum absolute atomic E-state index is 0.121. The Labute approximate surface area is 135 Å². The van der Waals surface area contributed by atoms with E-state index in [9.17, 15) is 4.79 Å². The van der Waals surface area contributed by atoms with Crippen molar-refractivity contribution in [3.8, 4) is 0 Å². The van der Waals surface area contributed by atoms with Crippen LogP contribution in [0.5, 0.6) is 0 Å². The van der Waals surface area contributed by atoms with E-state index in [0.29, 0.717) is 17.3 Å². The number of nitrogens with zero attached hydrogens (tertiary/aromatic N) is 1. The maximum absolute atomic E-state index is 12.1. The van der Waals surface area contributed by atoms with Crippen LogP contribution < -0.4 is 0 Å². The molecule has 0 bridgehead atoms. The van der Waals surface area contributed by atoms with Gasteiger partial charge in [0.05, 0.1) is 5.75 Å². The molecule has 0 saturated heterocycles. The summed E-state index contributed by atoms with van der Waals surface area (Å²) in [5, 5.41) is 0.711. The molecule has 0 aliphatic heterocycles. The van der Waals surface area contributed by atoms with Crippen LogP contribution in [0.4, 0.5) is 0 Å². The minimum atomic E-state index is 0.121. The van der Waals surface area contributed by atoms with Gasteiger partial charge in [-0.3, -0.25) is 4.79 Å². The highest BCUT2D eigenvalue weighted by atomic mass is 35.5. The number of carbonyl (C=O) groups is 1. The van der Waals surface area contributed by atoms with Crippen LogP contribution in [0.25, 0.3) is 0 Å². The normalized spacial score (nSPS) is 10.4. The standard InChI is InChI=1S/C17H18ClNOS/c1-13-3-9-16(10-4-13)21-12-17(20)19(2)11-14-5-7-15(18)8-6-14/h3-10H,11-12H2,1-2H3. The Hall–Kier alpha value is -1.45. The lowest BCUT2D eigenvalue weighted by atomic mass is 10.2. The van der Waals surface area contributed by atoms with Crippen molar-refractivity contribution in [2.45, 2.75) is 18.4 Å². The molecule has 0 fully saturated rings. The number of carbonyl (C=O) groups excluding carboxylic acids is 1. The van der Waals surface area contributed by atoms with E-state index in [0.717, 1.165) is 10.5 Å². The SMILES string of the molecule is Cc1ccc(SCC(=O)N(C)Cc2ccc(Cl)cc2)cc1. The van der Waals surface area contributed by atoms with Gasteiger partial charge in [-0.05, 0) is 36.8 Å². The van der Waals surface area contributed by atoms with E-state index in [2.05, 4.69) is 19.1 Å². The van der Waals surface area contributed by atoms with E-state index in [1.165, 1.54) is 5.56 Å². The molecule has 0 aliphatic carbocycles. The molecule has 0 aliphatic rings. The topological polar surface area (TPSA) is 20.3 Å². The number of hydrogen-bond donors (Lipinski definition) is 0. The quantitative estimate of drug-likeness (QED) is 0.761. The van der Waals surface area contributed by atoms with Gasteiger partial charge >= 0.3 is 0 Å². The van der Waals surface area contributed by atoms with Gasteiger partial charge in [0, 0.05) is 23.5 Å². The summed E-state index contributed by atoms with van der Waals surface area (Å²) in [5.41, 5.74) is 2.31. The molecule has 2 nitrogen and oxygen atoms in total. The summed E-state index contributed by atoms with van der Waals surface area (Å²) in [6.45, 7) is 2.66. The molecule has 0 aromatic heterocycles. The van der Waals surface area contributed by atoms with E-state index < -0.39 is 0 Å². The number of rotatable bonds is 5. The molecule has 2 aromatic carbocycles. The highest BCUT2D eigenvalue weighted by Crippen LogP contribution is 2.19. The fourth-order valence-corrected chi connectivity index (χ4v) is 2.81. The molecule has 2 rings (SSSR count). The van der Waals surface area contributed by atoms with Crippen molar-refractivity contribution >= 4 is 29.3 Å². The Morgan fingerprint density at radius 1 is 1.10 bits per heavy atom. The summed E-state index contributed by atoms with van der Waals surface area (Å²) in [6.07, 6.45) is 0. The van der Waals surface area contributed by atoms with Crippen LogP contribution in [-0.4, -0.2) is 23.6 Å². The fraction of sp³-hybridized carbons (Fsp3) is 0.235. The molecule has 1 amide bonds. The summed E-state index contributed by atoms with van der Waals surface area (Å²) in [5.74, 6) is 0.572. The second-order valence-corrected chi connectivity index (χ2v) is 6.46. The van der Waals surface area contributed by atoms with E-state index in [-0.39, 0.29) is 5.91 Å². The number of thioether (sulfide) groups is 1. The van der Waals surface area contributed by atoms with Crippen LogP contribution in [0.15, 0.2) is 53.4 Å². The number of hydrogen-bond acceptors (Lipinski definition) is 2. The lowest BCUT2D eigenvalue weighted by Crippen LogP contribution is -2.27. The summed E-state index contributed by atoms with van der Waals surface area (Å²) in [6, 6.07) is 15.8. The Bertz CT molecular complexity index is 595. The van der Waals surface area contributed by atoms with E-state index in [1.807, 2.05) is 43.4 Å². The zero-order valence-corrected chi connectivity index (χ0v) is 13.7. The lowest BCUT2D eigenvalue weighted by Gasteiger charge is -2.17. The van der Waals surface area contributed by atoms with Crippen molar-refractivity contribution in [2.24, 2.45) is 0 Å². The Kier molecular flexibility index (Phi) is 5.71. The molecule has 0 spiro atoms. The fourth-order valence-electron chi connectivity index (χ4n) is 1.84. The van der Waals surface area contributed by atoms with Gasteiger partial charge < -0.3 is 4.90 Å².